The smallest absolute Gasteiger partial charge is 0.326 e. The summed E-state index contributed by atoms with van der Waals surface area (Å²) < 4.78 is 0. The molecule has 2 aliphatic heterocycles. The van der Waals surface area contributed by atoms with Crippen LogP contribution < -0.4 is 54.4 Å². The van der Waals surface area contributed by atoms with Crippen LogP contribution in [-0.2, 0) is 33.6 Å². The molecule has 0 spiro atoms. The predicted molar refractivity (Wildman–Crippen MR) is 221 cm³/mol. The van der Waals surface area contributed by atoms with Crippen molar-refractivity contribution >= 4 is 65.2 Å². The number of carbonyl (C=O) groups excluding carboxylic acids is 6. The highest BCUT2D eigenvalue weighted by Crippen LogP contribution is 2.33. The molecule has 2 rings (SSSR count). The first kappa shape index (κ1) is 50.3. The van der Waals surface area contributed by atoms with Crippen molar-refractivity contribution in [1.82, 2.24) is 37.2 Å². The van der Waals surface area contributed by atoms with Crippen molar-refractivity contribution in [2.24, 2.45) is 28.1 Å². The molecule has 7 amide bonds. The fourth-order valence-corrected chi connectivity index (χ4v) is 8.13. The standard InChI is InChI=1S/C37H65N11O10S/c1-21(2)30(35(56)57)47-34(55)24(19-29(51)52)45-33(54)23(44-32(53)22(38)11-10-18-43-36(39)40)12-7-9-17-42-27(49)14-4-3-8-16-41-28(50)15-6-5-13-26-31-25(20-59-26)46-37(58)48-31/h21-26,30-31H,3-20,38H2,1-2H3,(H,41,50)(H,42,49)(H,44,53)(H,45,54)(H,47,55)(H,51,52)(H,56,57)(H4,39,40,43)(H2,46,48,58)/t22-,23-,24-,25-,26-,30-,31-/m0/s1. The van der Waals surface area contributed by atoms with Crippen molar-refractivity contribution in [2.75, 3.05) is 25.4 Å². The number of unbranched alkanes of at least 4 members (excludes halogenated alkanes) is 4. The topological polar surface area (TPSA) is 352 Å². The number of fused-ring (bicyclic) bond motifs is 1. The van der Waals surface area contributed by atoms with Crippen molar-refractivity contribution in [3.8, 4) is 0 Å². The number of rotatable bonds is 30. The summed E-state index contributed by atoms with van der Waals surface area (Å²) in [6, 6.07) is -5.02. The van der Waals surface area contributed by atoms with E-state index in [0.29, 0.717) is 50.3 Å². The fraction of sp³-hybridized carbons (Fsp3) is 0.757. The zero-order valence-corrected chi connectivity index (χ0v) is 34.9. The van der Waals surface area contributed by atoms with Gasteiger partial charge in [0.15, 0.2) is 5.96 Å². The lowest BCUT2D eigenvalue weighted by molar-refractivity contribution is -0.144. The van der Waals surface area contributed by atoms with Gasteiger partial charge in [-0.15, -0.1) is 0 Å². The van der Waals surface area contributed by atoms with Crippen molar-refractivity contribution < 1.29 is 48.6 Å². The SMILES string of the molecule is CC(C)[C@H](NC(=O)[C@H](CC(=O)O)NC(=O)[C@H](CCCCNC(=O)CCCCCNC(=O)CCCC[C@@H]1SC[C@@H]2NC(=O)N[C@@H]21)NC(=O)[C@@H](N)CCCN=C(N)N)C(=O)O. The Kier molecular flexibility index (Phi) is 23.0. The predicted octanol–water partition coefficient (Wildman–Crippen LogP) is -1.27. The van der Waals surface area contributed by atoms with E-state index in [1.807, 2.05) is 11.8 Å². The van der Waals surface area contributed by atoms with E-state index in [1.54, 1.807) is 13.8 Å². The van der Waals surface area contributed by atoms with E-state index < -0.39 is 66.2 Å². The Morgan fingerprint density at radius 2 is 1.39 bits per heavy atom. The maximum absolute atomic E-state index is 13.4. The van der Waals surface area contributed by atoms with E-state index >= 15 is 0 Å². The molecule has 0 unspecified atom stereocenters. The molecule has 22 heteroatoms. The van der Waals surface area contributed by atoms with Gasteiger partial charge < -0.3 is 64.6 Å². The molecular weight excluding hydrogens is 791 g/mol. The Bertz CT molecular complexity index is 1470. The maximum Gasteiger partial charge on any atom is 0.326 e. The molecule has 59 heavy (non-hydrogen) atoms. The summed E-state index contributed by atoms with van der Waals surface area (Å²) in [6.07, 6.45) is 5.98. The molecule has 15 N–H and O–H groups in total. The van der Waals surface area contributed by atoms with E-state index in [4.69, 9.17) is 17.2 Å². The van der Waals surface area contributed by atoms with E-state index in [0.717, 1.165) is 37.9 Å². The van der Waals surface area contributed by atoms with Crippen LogP contribution in [-0.4, -0.2) is 131 Å². The third-order valence-electron chi connectivity index (χ3n) is 9.90. The minimum atomic E-state index is -1.65. The number of hydrogen-bond acceptors (Lipinski definition) is 11. The number of urea groups is 1. The summed E-state index contributed by atoms with van der Waals surface area (Å²) in [5.74, 6) is -5.25. The molecule has 0 saturated carbocycles. The Morgan fingerprint density at radius 1 is 0.780 bits per heavy atom. The van der Waals surface area contributed by atoms with Crippen LogP contribution in [0.4, 0.5) is 4.79 Å². The van der Waals surface area contributed by atoms with Gasteiger partial charge in [-0.05, 0) is 63.7 Å². The molecule has 21 nitrogen and oxygen atoms in total. The average Bonchev–Trinajstić information content (AvgIpc) is 3.72. The van der Waals surface area contributed by atoms with Crippen LogP contribution in [0.2, 0.25) is 0 Å². The van der Waals surface area contributed by atoms with Gasteiger partial charge in [-0.3, -0.25) is 33.8 Å². The maximum atomic E-state index is 13.4. The summed E-state index contributed by atoms with van der Waals surface area (Å²) in [7, 11) is 0. The van der Waals surface area contributed by atoms with E-state index in [9.17, 15) is 48.6 Å². The molecule has 0 aromatic rings. The minimum Gasteiger partial charge on any atom is -0.481 e. The van der Waals surface area contributed by atoms with Crippen LogP contribution in [0.5, 0.6) is 0 Å². The van der Waals surface area contributed by atoms with Crippen molar-refractivity contribution in [3.63, 3.8) is 0 Å². The number of nitrogens with two attached hydrogens (primary N) is 3. The highest BCUT2D eigenvalue weighted by Gasteiger charge is 2.42. The third-order valence-corrected chi connectivity index (χ3v) is 11.4. The van der Waals surface area contributed by atoms with Crippen LogP contribution in [0, 0.1) is 5.92 Å². The molecule has 0 aromatic heterocycles. The second-order valence-corrected chi connectivity index (χ2v) is 16.5. The van der Waals surface area contributed by atoms with Gasteiger partial charge >= 0.3 is 18.0 Å². The number of guanidine groups is 1. The zero-order chi connectivity index (χ0) is 43.9. The zero-order valence-electron chi connectivity index (χ0n) is 34.1. The Morgan fingerprint density at radius 3 is 2.00 bits per heavy atom. The van der Waals surface area contributed by atoms with E-state index in [1.165, 1.54) is 0 Å². The lowest BCUT2D eigenvalue weighted by Crippen LogP contribution is -2.58. The Hall–Kier alpha value is -4.86. The second-order valence-electron chi connectivity index (χ2n) is 15.2. The van der Waals surface area contributed by atoms with Gasteiger partial charge in [0.25, 0.3) is 0 Å². The molecule has 2 fully saturated rings. The second kappa shape index (κ2) is 27.0. The average molecular weight is 856 g/mol. The molecule has 0 radical (unpaired) electrons. The van der Waals surface area contributed by atoms with Crippen LogP contribution in [0.3, 0.4) is 0 Å². The number of aliphatic imine (C=N–C) groups is 1. The van der Waals surface area contributed by atoms with Crippen LogP contribution in [0.25, 0.3) is 0 Å². The van der Waals surface area contributed by atoms with Crippen LogP contribution >= 0.6 is 11.8 Å². The molecule has 0 aromatic carbocycles. The number of hydrogen-bond donors (Lipinski definition) is 12. The van der Waals surface area contributed by atoms with Gasteiger partial charge in [-0.1, -0.05) is 26.7 Å². The van der Waals surface area contributed by atoms with Gasteiger partial charge in [0.05, 0.1) is 24.5 Å². The number of nitrogens with zero attached hydrogens (tertiary/aromatic N) is 1. The molecule has 2 heterocycles. The summed E-state index contributed by atoms with van der Waals surface area (Å²) in [6.45, 7) is 4.13. The van der Waals surface area contributed by atoms with E-state index in [-0.39, 0.29) is 61.8 Å². The molecule has 0 aliphatic carbocycles. The Labute approximate surface area is 349 Å². The van der Waals surface area contributed by atoms with E-state index in [2.05, 4.69) is 42.2 Å². The largest absolute Gasteiger partial charge is 0.481 e. The normalized spacial score (nSPS) is 18.8. The molecule has 2 aliphatic rings. The van der Waals surface area contributed by atoms with Gasteiger partial charge in [0.1, 0.15) is 18.1 Å². The summed E-state index contributed by atoms with van der Waals surface area (Å²) >= 11 is 1.86. The summed E-state index contributed by atoms with van der Waals surface area (Å²) in [5, 5.41) is 38.1. The van der Waals surface area contributed by atoms with Crippen molar-refractivity contribution in [1.29, 1.82) is 0 Å². The number of carbonyl (C=O) groups is 8. The highest BCUT2D eigenvalue weighted by atomic mass is 32.2. The number of carboxylic acid groups (broad SMARTS) is 2. The van der Waals surface area contributed by atoms with Crippen molar-refractivity contribution in [2.45, 2.75) is 145 Å². The van der Waals surface area contributed by atoms with Crippen molar-refractivity contribution in [3.05, 3.63) is 0 Å². The fourth-order valence-electron chi connectivity index (χ4n) is 6.59. The lowest BCUT2D eigenvalue weighted by Gasteiger charge is -2.25. The Balaban J connectivity index is 1.75. The first-order chi connectivity index (χ1) is 28.0. The van der Waals surface area contributed by atoms with Gasteiger partial charge in [0.2, 0.25) is 29.5 Å². The summed E-state index contributed by atoms with van der Waals surface area (Å²) in [4.78, 5) is 103. The monoisotopic (exact) mass is 855 g/mol. The molecule has 2 saturated heterocycles. The van der Waals surface area contributed by atoms with Gasteiger partial charge in [-0.25, -0.2) is 9.59 Å². The lowest BCUT2D eigenvalue weighted by atomic mass is 10.0. The molecule has 0 bridgehead atoms. The minimum absolute atomic E-state index is 0.00160. The first-order valence-corrected chi connectivity index (χ1v) is 21.4. The number of thioether (sulfide) groups is 1. The number of carboxylic acids is 2. The molecular formula is C37H65N11O10S. The van der Waals surface area contributed by atoms with Crippen LogP contribution in [0.1, 0.15) is 104 Å². The summed E-state index contributed by atoms with van der Waals surface area (Å²) in [5.41, 5.74) is 16.7. The molecule has 7 atom stereocenters. The van der Waals surface area contributed by atoms with Gasteiger partial charge in [-0.2, -0.15) is 11.8 Å². The third kappa shape index (κ3) is 20.1. The number of aliphatic carboxylic acids is 2. The number of nitrogens with one attached hydrogen (secondary N) is 7. The first-order valence-electron chi connectivity index (χ1n) is 20.4. The van der Waals surface area contributed by atoms with Crippen LogP contribution in [0.15, 0.2) is 4.99 Å². The quantitative estimate of drug-likeness (QED) is 0.0174. The highest BCUT2D eigenvalue weighted by molar-refractivity contribution is 8.00. The van der Waals surface area contributed by atoms with Gasteiger partial charge in [0, 0.05) is 43.5 Å². The number of amides is 7. The molecule has 334 valence electrons.